The molecule has 1 heterocycles. The van der Waals surface area contributed by atoms with Gasteiger partial charge in [0.25, 0.3) is 0 Å². The molecular formula is C17H26N2O3. The van der Waals surface area contributed by atoms with Crippen LogP contribution >= 0.6 is 0 Å². The molecule has 1 aromatic rings. The normalized spacial score (nSPS) is 17.0. The molecule has 22 heavy (non-hydrogen) atoms. The number of carbonyl (C=O) groups is 1. The van der Waals surface area contributed by atoms with E-state index < -0.39 is 5.41 Å². The van der Waals surface area contributed by atoms with E-state index in [4.69, 9.17) is 9.47 Å². The van der Waals surface area contributed by atoms with Gasteiger partial charge in [0.15, 0.2) is 0 Å². The van der Waals surface area contributed by atoms with Crippen LogP contribution in [-0.2, 0) is 9.53 Å². The van der Waals surface area contributed by atoms with E-state index >= 15 is 0 Å². The number of hydrogen-bond donors (Lipinski definition) is 2. The van der Waals surface area contributed by atoms with E-state index in [1.54, 1.807) is 7.11 Å². The van der Waals surface area contributed by atoms with Crippen molar-refractivity contribution >= 4 is 11.6 Å². The second-order valence-corrected chi connectivity index (χ2v) is 5.83. The zero-order valence-corrected chi connectivity index (χ0v) is 13.7. The molecule has 0 bridgehead atoms. The maximum absolute atomic E-state index is 12.8. The SMILES string of the molecule is CCOc1ccc(NC(=O)C2(COC)CCNCC2)c(C)c1. The molecule has 2 rings (SSSR count). The minimum atomic E-state index is -0.439. The van der Waals surface area contributed by atoms with E-state index in [1.165, 1.54) is 0 Å². The zero-order valence-electron chi connectivity index (χ0n) is 13.7. The molecule has 1 aromatic carbocycles. The van der Waals surface area contributed by atoms with Crippen molar-refractivity contribution in [1.29, 1.82) is 0 Å². The Morgan fingerprint density at radius 2 is 2.09 bits per heavy atom. The molecule has 1 saturated heterocycles. The molecule has 1 aliphatic heterocycles. The third-order valence-corrected chi connectivity index (χ3v) is 4.22. The number of ether oxygens (including phenoxy) is 2. The highest BCUT2D eigenvalue weighted by molar-refractivity contribution is 5.96. The molecule has 1 aliphatic rings. The predicted molar refractivity (Wildman–Crippen MR) is 87.4 cm³/mol. The number of benzene rings is 1. The number of anilines is 1. The Morgan fingerprint density at radius 1 is 1.36 bits per heavy atom. The molecule has 0 radical (unpaired) electrons. The highest BCUT2D eigenvalue weighted by Gasteiger charge is 2.39. The minimum absolute atomic E-state index is 0.0445. The summed E-state index contributed by atoms with van der Waals surface area (Å²) < 4.78 is 10.8. The smallest absolute Gasteiger partial charge is 0.233 e. The van der Waals surface area contributed by atoms with E-state index in [0.29, 0.717) is 13.2 Å². The maximum atomic E-state index is 12.8. The van der Waals surface area contributed by atoms with E-state index in [2.05, 4.69) is 10.6 Å². The molecule has 0 aliphatic carbocycles. The quantitative estimate of drug-likeness (QED) is 0.847. The molecule has 122 valence electrons. The summed E-state index contributed by atoms with van der Waals surface area (Å²) in [7, 11) is 1.65. The van der Waals surface area contributed by atoms with Crippen molar-refractivity contribution in [2.45, 2.75) is 26.7 Å². The molecule has 0 atom stereocenters. The average molecular weight is 306 g/mol. The van der Waals surface area contributed by atoms with Crippen LogP contribution < -0.4 is 15.4 Å². The van der Waals surface area contributed by atoms with Gasteiger partial charge in [0, 0.05) is 12.8 Å². The molecule has 2 N–H and O–H groups in total. The lowest BCUT2D eigenvalue weighted by Gasteiger charge is -2.35. The van der Waals surface area contributed by atoms with Crippen LogP contribution in [0.4, 0.5) is 5.69 Å². The van der Waals surface area contributed by atoms with Crippen molar-refractivity contribution in [2.75, 3.05) is 38.7 Å². The summed E-state index contributed by atoms with van der Waals surface area (Å²) >= 11 is 0. The largest absolute Gasteiger partial charge is 0.494 e. The zero-order chi connectivity index (χ0) is 16.0. The molecular weight excluding hydrogens is 280 g/mol. The van der Waals surface area contributed by atoms with Crippen molar-refractivity contribution in [3.05, 3.63) is 23.8 Å². The monoisotopic (exact) mass is 306 g/mol. The van der Waals surface area contributed by atoms with Gasteiger partial charge >= 0.3 is 0 Å². The van der Waals surface area contributed by atoms with Crippen molar-refractivity contribution in [1.82, 2.24) is 5.32 Å². The van der Waals surface area contributed by atoms with Crippen LogP contribution in [0.1, 0.15) is 25.3 Å². The minimum Gasteiger partial charge on any atom is -0.494 e. The van der Waals surface area contributed by atoms with E-state index in [1.807, 2.05) is 32.0 Å². The van der Waals surface area contributed by atoms with Crippen molar-refractivity contribution < 1.29 is 14.3 Å². The number of hydrogen-bond acceptors (Lipinski definition) is 4. The van der Waals surface area contributed by atoms with Gasteiger partial charge < -0.3 is 20.1 Å². The van der Waals surface area contributed by atoms with Crippen LogP contribution in [0.15, 0.2) is 18.2 Å². The number of rotatable bonds is 6. The lowest BCUT2D eigenvalue weighted by Crippen LogP contribution is -2.47. The summed E-state index contributed by atoms with van der Waals surface area (Å²) in [5.74, 6) is 0.870. The van der Waals surface area contributed by atoms with Crippen LogP contribution in [0.5, 0.6) is 5.75 Å². The standard InChI is InChI=1S/C17H26N2O3/c1-4-22-14-5-6-15(13(2)11-14)19-16(20)17(12-21-3)7-9-18-10-8-17/h5-6,11,18H,4,7-10,12H2,1-3H3,(H,19,20). The number of carbonyl (C=O) groups excluding carboxylic acids is 1. The van der Waals surface area contributed by atoms with Gasteiger partial charge in [-0.25, -0.2) is 0 Å². The van der Waals surface area contributed by atoms with Crippen LogP contribution in [0.3, 0.4) is 0 Å². The van der Waals surface area contributed by atoms with Gasteiger partial charge in [-0.3, -0.25) is 4.79 Å². The Hall–Kier alpha value is -1.59. The van der Waals surface area contributed by atoms with Crippen molar-refractivity contribution in [3.8, 4) is 5.75 Å². The maximum Gasteiger partial charge on any atom is 0.233 e. The van der Waals surface area contributed by atoms with Crippen molar-refractivity contribution in [3.63, 3.8) is 0 Å². The number of nitrogens with one attached hydrogen (secondary N) is 2. The van der Waals surface area contributed by atoms with Gasteiger partial charge in [0.2, 0.25) is 5.91 Å². The Labute approximate surface area is 132 Å². The van der Waals surface area contributed by atoms with Crippen LogP contribution in [-0.4, -0.2) is 39.3 Å². The first kappa shape index (κ1) is 16.8. The Bertz CT molecular complexity index is 505. The molecule has 5 heteroatoms. The summed E-state index contributed by atoms with van der Waals surface area (Å²) in [5.41, 5.74) is 1.40. The third kappa shape index (κ3) is 3.78. The third-order valence-electron chi connectivity index (χ3n) is 4.22. The van der Waals surface area contributed by atoms with Gasteiger partial charge in [-0.1, -0.05) is 0 Å². The fourth-order valence-electron chi connectivity index (χ4n) is 2.91. The van der Waals surface area contributed by atoms with Gasteiger partial charge in [-0.15, -0.1) is 0 Å². The molecule has 1 fully saturated rings. The van der Waals surface area contributed by atoms with E-state index in [-0.39, 0.29) is 5.91 Å². The van der Waals surface area contributed by atoms with E-state index in [0.717, 1.165) is 42.9 Å². The summed E-state index contributed by atoms with van der Waals surface area (Å²) in [6.45, 7) is 6.71. The van der Waals surface area contributed by atoms with Gasteiger partial charge in [-0.2, -0.15) is 0 Å². The lowest BCUT2D eigenvalue weighted by atomic mass is 9.78. The molecule has 0 saturated carbocycles. The highest BCUT2D eigenvalue weighted by Crippen LogP contribution is 2.32. The van der Waals surface area contributed by atoms with E-state index in [9.17, 15) is 4.79 Å². The first-order valence-corrected chi connectivity index (χ1v) is 7.86. The Kier molecular flexibility index (Phi) is 5.80. The molecule has 5 nitrogen and oxygen atoms in total. The predicted octanol–water partition coefficient (Wildman–Crippen LogP) is 2.35. The van der Waals surface area contributed by atoms with Gasteiger partial charge in [0.05, 0.1) is 18.6 Å². The second kappa shape index (κ2) is 7.61. The van der Waals surface area contributed by atoms with Crippen LogP contribution in [0.2, 0.25) is 0 Å². The van der Waals surface area contributed by atoms with Crippen LogP contribution in [0, 0.1) is 12.3 Å². The summed E-state index contributed by atoms with van der Waals surface area (Å²) in [4.78, 5) is 12.8. The molecule has 0 unspecified atom stereocenters. The van der Waals surface area contributed by atoms with Gasteiger partial charge in [-0.05, 0) is 63.5 Å². The fraction of sp³-hybridized carbons (Fsp3) is 0.588. The number of aryl methyl sites for hydroxylation is 1. The number of amides is 1. The second-order valence-electron chi connectivity index (χ2n) is 5.83. The van der Waals surface area contributed by atoms with Gasteiger partial charge in [0.1, 0.15) is 5.75 Å². The average Bonchev–Trinajstić information content (AvgIpc) is 2.51. The Morgan fingerprint density at radius 3 is 2.68 bits per heavy atom. The topological polar surface area (TPSA) is 59.6 Å². The summed E-state index contributed by atoms with van der Waals surface area (Å²) in [6, 6.07) is 5.74. The summed E-state index contributed by atoms with van der Waals surface area (Å²) in [5, 5.41) is 6.37. The Balaban J connectivity index is 2.12. The first-order valence-electron chi connectivity index (χ1n) is 7.86. The van der Waals surface area contributed by atoms with Crippen LogP contribution in [0.25, 0.3) is 0 Å². The molecule has 0 aromatic heterocycles. The highest BCUT2D eigenvalue weighted by atomic mass is 16.5. The molecule has 0 spiro atoms. The van der Waals surface area contributed by atoms with Crippen molar-refractivity contribution in [2.24, 2.45) is 5.41 Å². The summed E-state index contributed by atoms with van der Waals surface area (Å²) in [6.07, 6.45) is 1.59. The molecule has 1 amide bonds. The number of methoxy groups -OCH3 is 1. The lowest BCUT2D eigenvalue weighted by molar-refractivity contribution is -0.130. The number of piperidine rings is 1. The fourth-order valence-corrected chi connectivity index (χ4v) is 2.91. The first-order chi connectivity index (χ1) is 10.6.